The van der Waals surface area contributed by atoms with Gasteiger partial charge in [-0.1, -0.05) is 60.1 Å². The smallest absolute Gasteiger partial charge is 0.407 e. The maximum atomic E-state index is 11.4. The predicted octanol–water partition coefficient (Wildman–Crippen LogP) is 3.33. The topological polar surface area (TPSA) is 38.3 Å². The van der Waals surface area contributed by atoms with Gasteiger partial charge in [0.05, 0.1) is 0 Å². The van der Waals surface area contributed by atoms with Crippen LogP contribution in [0.5, 0.6) is 0 Å². The van der Waals surface area contributed by atoms with Crippen LogP contribution in [0.2, 0.25) is 0 Å². The molecule has 0 unspecified atom stereocenters. The normalized spacial score (nSPS) is 11.0. The summed E-state index contributed by atoms with van der Waals surface area (Å²) in [5, 5.41) is 3.59. The number of ether oxygens (including phenoxy) is 1. The highest BCUT2D eigenvalue weighted by atomic mass is 79.9. The van der Waals surface area contributed by atoms with E-state index >= 15 is 0 Å². The number of halogens is 1. The largest absolute Gasteiger partial charge is 0.445 e. The lowest BCUT2D eigenvalue weighted by atomic mass is 9.97. The lowest BCUT2D eigenvalue weighted by Crippen LogP contribution is -2.35. The first-order valence-corrected chi connectivity index (χ1v) is 6.66. The van der Waals surface area contributed by atoms with E-state index < -0.39 is 0 Å². The van der Waals surface area contributed by atoms with Gasteiger partial charge in [0.1, 0.15) is 6.61 Å². The number of amides is 1. The van der Waals surface area contributed by atoms with Crippen LogP contribution in [0.25, 0.3) is 0 Å². The van der Waals surface area contributed by atoms with Gasteiger partial charge in [0.2, 0.25) is 0 Å². The highest BCUT2D eigenvalue weighted by molar-refractivity contribution is 9.09. The van der Waals surface area contributed by atoms with Gasteiger partial charge in [0.15, 0.2) is 0 Å². The van der Waals surface area contributed by atoms with Gasteiger partial charge in [-0.25, -0.2) is 4.79 Å². The number of hydrogen-bond acceptors (Lipinski definition) is 2. The third-order valence-corrected chi connectivity index (χ3v) is 3.80. The van der Waals surface area contributed by atoms with Gasteiger partial charge in [0, 0.05) is 11.9 Å². The lowest BCUT2D eigenvalue weighted by Gasteiger charge is -2.21. The van der Waals surface area contributed by atoms with E-state index in [-0.39, 0.29) is 11.5 Å². The third-order valence-electron chi connectivity index (χ3n) is 2.29. The highest BCUT2D eigenvalue weighted by Crippen LogP contribution is 2.16. The fourth-order valence-electron chi connectivity index (χ4n) is 1.13. The Kier molecular flexibility index (Phi) is 5.48. The number of carbonyl (C=O) groups is 1. The third kappa shape index (κ3) is 5.73. The van der Waals surface area contributed by atoms with Crippen molar-refractivity contribution in [3.63, 3.8) is 0 Å². The molecule has 0 bridgehead atoms. The molecule has 1 N–H and O–H groups in total. The molecule has 0 atom stereocenters. The van der Waals surface area contributed by atoms with Crippen LogP contribution in [0.1, 0.15) is 19.4 Å². The number of alkyl carbamates (subject to hydrolysis) is 1. The van der Waals surface area contributed by atoms with Crippen LogP contribution in [-0.2, 0) is 11.3 Å². The van der Waals surface area contributed by atoms with Crippen molar-refractivity contribution in [3.8, 4) is 0 Å². The monoisotopic (exact) mass is 299 g/mol. The molecule has 0 aliphatic carbocycles. The van der Waals surface area contributed by atoms with E-state index in [1.54, 1.807) is 0 Å². The number of rotatable bonds is 5. The Bertz CT molecular complexity index is 352. The fraction of sp³-hybridized carbons (Fsp3) is 0.462. The number of alkyl halides is 1. The van der Waals surface area contributed by atoms with E-state index in [9.17, 15) is 4.79 Å². The van der Waals surface area contributed by atoms with Gasteiger partial charge in [0.25, 0.3) is 0 Å². The maximum Gasteiger partial charge on any atom is 0.407 e. The summed E-state index contributed by atoms with van der Waals surface area (Å²) in [6, 6.07) is 9.63. The Morgan fingerprint density at radius 3 is 2.59 bits per heavy atom. The molecule has 1 aromatic rings. The Morgan fingerprint density at radius 1 is 1.35 bits per heavy atom. The van der Waals surface area contributed by atoms with Crippen LogP contribution in [0, 0.1) is 5.41 Å². The molecule has 4 heteroatoms. The van der Waals surface area contributed by atoms with Crippen molar-refractivity contribution in [1.29, 1.82) is 0 Å². The fourth-order valence-corrected chi connectivity index (χ4v) is 1.33. The molecule has 0 saturated carbocycles. The molecule has 94 valence electrons. The molecule has 0 radical (unpaired) electrons. The van der Waals surface area contributed by atoms with Crippen LogP contribution in [0.3, 0.4) is 0 Å². The van der Waals surface area contributed by atoms with Crippen LogP contribution < -0.4 is 5.32 Å². The lowest BCUT2D eigenvalue weighted by molar-refractivity contribution is 0.136. The summed E-state index contributed by atoms with van der Waals surface area (Å²) < 4.78 is 5.10. The molecule has 0 aromatic heterocycles. The van der Waals surface area contributed by atoms with E-state index in [0.29, 0.717) is 13.2 Å². The number of benzene rings is 1. The summed E-state index contributed by atoms with van der Waals surface area (Å²) in [5.41, 5.74) is 1.02. The first-order chi connectivity index (χ1) is 8.03. The summed E-state index contributed by atoms with van der Waals surface area (Å²) in [4.78, 5) is 11.4. The molecular weight excluding hydrogens is 282 g/mol. The molecule has 0 fully saturated rings. The van der Waals surface area contributed by atoms with Gasteiger partial charge in [-0.3, -0.25) is 0 Å². The number of carbonyl (C=O) groups excluding carboxylic acids is 1. The Labute approximate surface area is 111 Å². The summed E-state index contributed by atoms with van der Waals surface area (Å²) in [6.45, 7) is 5.03. The van der Waals surface area contributed by atoms with Crippen molar-refractivity contribution < 1.29 is 9.53 Å². The summed E-state index contributed by atoms with van der Waals surface area (Å²) >= 11 is 3.40. The molecule has 3 nitrogen and oxygen atoms in total. The van der Waals surface area contributed by atoms with Crippen LogP contribution in [-0.4, -0.2) is 18.0 Å². The van der Waals surface area contributed by atoms with Gasteiger partial charge >= 0.3 is 6.09 Å². The zero-order valence-electron chi connectivity index (χ0n) is 10.2. The molecular formula is C13H18BrNO2. The molecule has 0 heterocycles. The molecule has 1 amide bonds. The Morgan fingerprint density at radius 2 is 2.00 bits per heavy atom. The van der Waals surface area contributed by atoms with E-state index in [0.717, 1.165) is 10.9 Å². The van der Waals surface area contributed by atoms with Crippen LogP contribution >= 0.6 is 15.9 Å². The van der Waals surface area contributed by atoms with Gasteiger partial charge < -0.3 is 10.1 Å². The van der Waals surface area contributed by atoms with Crippen LogP contribution in [0.15, 0.2) is 30.3 Å². The molecule has 1 rings (SSSR count). The zero-order chi connectivity index (χ0) is 12.7. The highest BCUT2D eigenvalue weighted by Gasteiger charge is 2.17. The average molecular weight is 300 g/mol. The maximum absolute atomic E-state index is 11.4. The first-order valence-electron chi connectivity index (χ1n) is 5.54. The SMILES string of the molecule is CC(C)(CBr)CNC(=O)OCc1ccccc1. The standard InChI is InChI=1S/C13H18BrNO2/c1-13(2,9-14)10-15-12(16)17-8-11-6-4-3-5-7-11/h3-7H,8-10H2,1-2H3,(H,15,16). The number of nitrogens with one attached hydrogen (secondary N) is 1. The van der Waals surface area contributed by atoms with Crippen molar-refractivity contribution in [3.05, 3.63) is 35.9 Å². The van der Waals surface area contributed by atoms with E-state index in [1.165, 1.54) is 0 Å². The van der Waals surface area contributed by atoms with Crippen molar-refractivity contribution in [2.24, 2.45) is 5.41 Å². The van der Waals surface area contributed by atoms with Crippen LogP contribution in [0.4, 0.5) is 4.79 Å². The molecule has 0 saturated heterocycles. The first kappa shape index (κ1) is 14.0. The van der Waals surface area contributed by atoms with Gasteiger partial charge in [-0.2, -0.15) is 0 Å². The van der Waals surface area contributed by atoms with Crippen molar-refractivity contribution in [1.82, 2.24) is 5.32 Å². The van der Waals surface area contributed by atoms with Crippen molar-refractivity contribution in [2.75, 3.05) is 11.9 Å². The van der Waals surface area contributed by atoms with E-state index in [4.69, 9.17) is 4.74 Å². The molecule has 0 spiro atoms. The van der Waals surface area contributed by atoms with Crippen molar-refractivity contribution in [2.45, 2.75) is 20.5 Å². The van der Waals surface area contributed by atoms with Gasteiger partial charge in [-0.05, 0) is 11.0 Å². The van der Waals surface area contributed by atoms with E-state index in [1.807, 2.05) is 30.3 Å². The Balaban J connectivity index is 2.27. The second-order valence-electron chi connectivity index (χ2n) is 4.71. The van der Waals surface area contributed by atoms with Crippen molar-refractivity contribution >= 4 is 22.0 Å². The zero-order valence-corrected chi connectivity index (χ0v) is 11.8. The second-order valence-corrected chi connectivity index (χ2v) is 5.27. The molecule has 1 aromatic carbocycles. The molecule has 17 heavy (non-hydrogen) atoms. The molecule has 0 aliphatic rings. The van der Waals surface area contributed by atoms with Gasteiger partial charge in [-0.15, -0.1) is 0 Å². The minimum atomic E-state index is -0.372. The Hall–Kier alpha value is -1.03. The summed E-state index contributed by atoms with van der Waals surface area (Å²) in [7, 11) is 0. The number of hydrogen-bond donors (Lipinski definition) is 1. The van der Waals surface area contributed by atoms with E-state index in [2.05, 4.69) is 35.1 Å². The summed E-state index contributed by atoms with van der Waals surface area (Å²) in [5.74, 6) is 0. The molecule has 0 aliphatic heterocycles. The predicted molar refractivity (Wildman–Crippen MR) is 72.2 cm³/mol. The minimum absolute atomic E-state index is 0.0335. The quantitative estimate of drug-likeness (QED) is 0.847. The minimum Gasteiger partial charge on any atom is -0.445 e. The average Bonchev–Trinajstić information content (AvgIpc) is 2.35. The second kappa shape index (κ2) is 6.64. The summed E-state index contributed by atoms with van der Waals surface area (Å²) in [6.07, 6.45) is -0.372.